The summed E-state index contributed by atoms with van der Waals surface area (Å²) in [7, 11) is -3.86. The molecule has 0 unspecified atom stereocenters. The molecule has 8 nitrogen and oxygen atoms in total. The summed E-state index contributed by atoms with van der Waals surface area (Å²) in [5, 5.41) is 3.06. The lowest BCUT2D eigenvalue weighted by molar-refractivity contribution is 0.0991. The molecule has 0 fully saturated rings. The lowest BCUT2D eigenvalue weighted by atomic mass is 10.1. The van der Waals surface area contributed by atoms with Gasteiger partial charge in [0.2, 0.25) is 5.09 Å². The van der Waals surface area contributed by atoms with Crippen LogP contribution in [0.5, 0.6) is 0 Å². The molecular formula is C20H22N4O4S2. The number of carbonyl (C=O) groups is 1. The number of sulfonamides is 1. The zero-order chi connectivity index (χ0) is 21.9. The number of anilines is 1. The fourth-order valence-corrected chi connectivity index (χ4v) is 4.67. The molecule has 10 heteroatoms. The molecule has 3 rings (SSSR count). The normalized spacial score (nSPS) is 12.0. The summed E-state index contributed by atoms with van der Waals surface area (Å²) in [6.45, 7) is 7.01. The summed E-state index contributed by atoms with van der Waals surface area (Å²) >= 11 is 1.41. The number of aryl methyl sites for hydroxylation is 1. The van der Waals surface area contributed by atoms with Crippen LogP contribution in [0.3, 0.4) is 0 Å². The number of furan rings is 1. The van der Waals surface area contributed by atoms with E-state index in [9.17, 15) is 13.2 Å². The van der Waals surface area contributed by atoms with E-state index in [1.165, 1.54) is 23.9 Å². The molecule has 2 heterocycles. The van der Waals surface area contributed by atoms with Crippen LogP contribution >= 0.6 is 11.8 Å². The molecular weight excluding hydrogens is 424 g/mol. The molecule has 2 aromatic heterocycles. The Morgan fingerprint density at radius 3 is 2.43 bits per heavy atom. The smallest absolute Gasteiger partial charge is 0.291 e. The van der Waals surface area contributed by atoms with Crippen LogP contribution in [-0.2, 0) is 10.0 Å². The molecule has 0 atom stereocenters. The van der Waals surface area contributed by atoms with Crippen molar-refractivity contribution in [2.24, 2.45) is 0 Å². The maximum absolute atomic E-state index is 12.5. The summed E-state index contributed by atoms with van der Waals surface area (Å²) in [5.74, 6) is -0.637. The van der Waals surface area contributed by atoms with Crippen LogP contribution < -0.4 is 10.0 Å². The molecule has 0 saturated heterocycles. The second-order valence-electron chi connectivity index (χ2n) is 7.54. The molecule has 2 N–H and O–H groups in total. The Labute approximate surface area is 179 Å². The Hall–Kier alpha value is -2.69. The molecule has 30 heavy (non-hydrogen) atoms. The first-order valence-electron chi connectivity index (χ1n) is 9.04. The Bertz CT molecular complexity index is 1150. The number of rotatable bonds is 6. The Balaban J connectivity index is 1.71. The molecule has 0 aliphatic carbocycles. The number of nitrogens with zero attached hydrogens (tertiary/aromatic N) is 2. The Morgan fingerprint density at radius 2 is 1.80 bits per heavy atom. The highest BCUT2D eigenvalue weighted by Gasteiger charge is 2.26. The molecule has 0 bridgehead atoms. The minimum atomic E-state index is -3.86. The zero-order valence-electron chi connectivity index (χ0n) is 17.0. The first-order chi connectivity index (χ1) is 14.0. The second kappa shape index (κ2) is 8.58. The number of amides is 1. The lowest BCUT2D eigenvalue weighted by Gasteiger charge is -2.18. The van der Waals surface area contributed by atoms with E-state index in [1.54, 1.807) is 45.3 Å². The predicted molar refractivity (Wildman–Crippen MR) is 114 cm³/mol. The van der Waals surface area contributed by atoms with Gasteiger partial charge < -0.3 is 9.73 Å². The summed E-state index contributed by atoms with van der Waals surface area (Å²) < 4.78 is 32.4. The molecule has 0 aliphatic heterocycles. The van der Waals surface area contributed by atoms with Crippen LogP contribution in [0.25, 0.3) is 0 Å². The molecule has 0 spiro atoms. The lowest BCUT2D eigenvalue weighted by Crippen LogP contribution is -2.40. The molecule has 3 aromatic rings. The maximum atomic E-state index is 12.5. The van der Waals surface area contributed by atoms with Gasteiger partial charge in [-0.1, -0.05) is 0 Å². The topological polar surface area (TPSA) is 114 Å². The number of nitrogens with one attached hydrogen (secondary N) is 2. The predicted octanol–water partition coefficient (Wildman–Crippen LogP) is 3.86. The highest BCUT2D eigenvalue weighted by molar-refractivity contribution is 7.99. The van der Waals surface area contributed by atoms with Gasteiger partial charge in [-0.25, -0.2) is 23.1 Å². The summed E-state index contributed by atoms with van der Waals surface area (Å²) in [5.41, 5.74) is 0.750. The van der Waals surface area contributed by atoms with E-state index in [2.05, 4.69) is 20.0 Å². The minimum absolute atomic E-state index is 0.0974. The second-order valence-corrected chi connectivity index (χ2v) is 10.2. The van der Waals surface area contributed by atoms with Crippen molar-refractivity contribution in [1.82, 2.24) is 14.7 Å². The average Bonchev–Trinajstić information content (AvgIpc) is 3.14. The molecule has 0 radical (unpaired) electrons. The van der Waals surface area contributed by atoms with Crippen molar-refractivity contribution in [3.63, 3.8) is 0 Å². The average molecular weight is 447 g/mol. The van der Waals surface area contributed by atoms with Gasteiger partial charge in [0.1, 0.15) is 0 Å². The van der Waals surface area contributed by atoms with Crippen LogP contribution in [-0.4, -0.2) is 29.8 Å². The van der Waals surface area contributed by atoms with Crippen LogP contribution in [0.1, 0.15) is 36.9 Å². The monoisotopic (exact) mass is 446 g/mol. The third kappa shape index (κ3) is 5.68. The summed E-state index contributed by atoms with van der Waals surface area (Å²) in [4.78, 5) is 21.8. The summed E-state index contributed by atoms with van der Waals surface area (Å²) in [6, 6.07) is 9.85. The number of carbonyl (C=O) groups excluding carboxylic acids is 1. The molecule has 1 aromatic carbocycles. The summed E-state index contributed by atoms with van der Waals surface area (Å²) in [6.07, 6.45) is 3.34. The van der Waals surface area contributed by atoms with E-state index in [0.29, 0.717) is 10.8 Å². The van der Waals surface area contributed by atoms with E-state index in [-0.39, 0.29) is 10.9 Å². The van der Waals surface area contributed by atoms with Crippen LogP contribution in [0, 0.1) is 6.92 Å². The van der Waals surface area contributed by atoms with E-state index < -0.39 is 21.5 Å². The van der Waals surface area contributed by atoms with Gasteiger partial charge in [-0.3, -0.25) is 4.79 Å². The third-order valence-electron chi connectivity index (χ3n) is 3.71. The van der Waals surface area contributed by atoms with Crippen molar-refractivity contribution in [3.8, 4) is 0 Å². The molecule has 0 aliphatic rings. The van der Waals surface area contributed by atoms with E-state index >= 15 is 0 Å². The van der Waals surface area contributed by atoms with Gasteiger partial charge in [0.15, 0.2) is 10.9 Å². The van der Waals surface area contributed by atoms with Gasteiger partial charge in [0.05, 0.1) is 0 Å². The van der Waals surface area contributed by atoms with Gasteiger partial charge in [-0.2, -0.15) is 0 Å². The highest BCUT2D eigenvalue weighted by Crippen LogP contribution is 2.28. The van der Waals surface area contributed by atoms with Crippen molar-refractivity contribution in [3.05, 3.63) is 60.1 Å². The maximum Gasteiger partial charge on any atom is 0.291 e. The molecule has 158 valence electrons. The number of hydrogen-bond donors (Lipinski definition) is 2. The van der Waals surface area contributed by atoms with E-state index in [4.69, 9.17) is 4.42 Å². The van der Waals surface area contributed by atoms with Gasteiger partial charge in [0.25, 0.3) is 15.9 Å². The van der Waals surface area contributed by atoms with Crippen molar-refractivity contribution in [2.45, 2.75) is 48.4 Å². The minimum Gasteiger partial charge on any atom is -0.438 e. The number of aromatic nitrogens is 2. The van der Waals surface area contributed by atoms with E-state index in [1.807, 2.05) is 19.1 Å². The standard InChI is InChI=1S/C20H22N4O4S2/c1-13-12-14(29-19-21-10-5-11-22-19)6-7-15(13)23-18(25)16-8-9-17(28-16)30(26,27)24-20(2,3)4/h5-12,24H,1-4H3,(H,23,25). The first-order valence-corrected chi connectivity index (χ1v) is 11.3. The van der Waals surface area contributed by atoms with Crippen molar-refractivity contribution >= 4 is 33.4 Å². The first kappa shape index (κ1) is 22.0. The highest BCUT2D eigenvalue weighted by atomic mass is 32.2. The fourth-order valence-electron chi connectivity index (χ4n) is 2.51. The van der Waals surface area contributed by atoms with Gasteiger partial charge in [0, 0.05) is 28.5 Å². The van der Waals surface area contributed by atoms with Crippen molar-refractivity contribution in [1.29, 1.82) is 0 Å². The van der Waals surface area contributed by atoms with Gasteiger partial charge in [-0.05, 0) is 81.4 Å². The SMILES string of the molecule is Cc1cc(Sc2ncccn2)ccc1NC(=O)c1ccc(S(=O)(=O)NC(C)(C)C)o1. The van der Waals surface area contributed by atoms with E-state index in [0.717, 1.165) is 10.5 Å². The van der Waals surface area contributed by atoms with Crippen molar-refractivity contribution < 1.29 is 17.6 Å². The third-order valence-corrected chi connectivity index (χ3v) is 6.22. The van der Waals surface area contributed by atoms with Crippen LogP contribution in [0.15, 0.2) is 68.4 Å². The molecule has 1 amide bonds. The number of benzene rings is 1. The Morgan fingerprint density at radius 1 is 1.10 bits per heavy atom. The molecule has 0 saturated carbocycles. The largest absolute Gasteiger partial charge is 0.438 e. The van der Waals surface area contributed by atoms with Crippen LogP contribution in [0.4, 0.5) is 5.69 Å². The van der Waals surface area contributed by atoms with Crippen LogP contribution in [0.2, 0.25) is 0 Å². The fraction of sp³-hybridized carbons (Fsp3) is 0.250. The number of hydrogen-bond acceptors (Lipinski definition) is 7. The van der Waals surface area contributed by atoms with Crippen molar-refractivity contribution in [2.75, 3.05) is 5.32 Å². The van der Waals surface area contributed by atoms with Gasteiger partial charge in [-0.15, -0.1) is 0 Å². The zero-order valence-corrected chi connectivity index (χ0v) is 18.6. The van der Waals surface area contributed by atoms with Gasteiger partial charge >= 0.3 is 0 Å². The quantitative estimate of drug-likeness (QED) is 0.553. The Kier molecular flexibility index (Phi) is 6.30.